The van der Waals surface area contributed by atoms with E-state index in [1.807, 2.05) is 0 Å². The van der Waals surface area contributed by atoms with Gasteiger partial charge in [-0.2, -0.15) is 0 Å². The molecule has 0 unspecified atom stereocenters. The van der Waals surface area contributed by atoms with Crippen molar-refractivity contribution in [2.45, 2.75) is 102 Å². The molecule has 2 heterocycles. The van der Waals surface area contributed by atoms with Crippen LogP contribution in [0.3, 0.4) is 0 Å². The lowest BCUT2D eigenvalue weighted by atomic mass is 9.91. The number of hydrogen-bond donors (Lipinski definition) is 1. The van der Waals surface area contributed by atoms with Crippen molar-refractivity contribution in [2.75, 3.05) is 20.1 Å². The minimum atomic E-state index is -3.92. The first kappa shape index (κ1) is 40.6. The molecule has 2 aliphatic heterocycles. The number of amides is 4. The fourth-order valence-electron chi connectivity index (χ4n) is 7.21. The van der Waals surface area contributed by atoms with Gasteiger partial charge < -0.3 is 19.3 Å². The molecule has 5 rings (SSSR count). The number of Topliss-reactive ketones (excluding diaryl/α,β-unsaturated/α-hetero) is 1. The number of fused-ring (bicyclic) bond motifs is 1. The maximum atomic E-state index is 14.5. The van der Waals surface area contributed by atoms with Gasteiger partial charge in [-0.05, 0) is 70.1 Å². The van der Waals surface area contributed by atoms with Crippen molar-refractivity contribution in [1.29, 1.82) is 0 Å². The van der Waals surface area contributed by atoms with Crippen LogP contribution in [-0.2, 0) is 56.6 Å². The molecule has 14 nitrogen and oxygen atoms in total. The summed E-state index contributed by atoms with van der Waals surface area (Å²) in [4.78, 5) is 84.8. The summed E-state index contributed by atoms with van der Waals surface area (Å²) in [5.74, 6) is -5.10. The van der Waals surface area contributed by atoms with Gasteiger partial charge >= 0.3 is 12.1 Å². The molecule has 16 heteroatoms. The summed E-state index contributed by atoms with van der Waals surface area (Å²) in [7, 11) is -2.41. The number of carbonyl (C=O) groups excluding carboxylic acids is 6. The topological polar surface area (TPSA) is 177 Å². The number of benzene rings is 1. The zero-order valence-electron chi connectivity index (χ0n) is 31.2. The molecule has 0 aromatic heterocycles. The molecule has 0 spiro atoms. The Morgan fingerprint density at radius 1 is 1.13 bits per heavy atom. The van der Waals surface area contributed by atoms with Crippen LogP contribution in [0.2, 0.25) is 0 Å². The fraction of sp³-hybridized carbons (Fsp3) is 0.579. The molecule has 1 aromatic rings. The van der Waals surface area contributed by atoms with E-state index in [0.717, 1.165) is 6.08 Å². The molecule has 4 aliphatic rings. The van der Waals surface area contributed by atoms with E-state index >= 15 is 0 Å². The molecule has 1 N–H and O–H groups in total. The van der Waals surface area contributed by atoms with Gasteiger partial charge in [0.1, 0.15) is 17.5 Å². The number of nitrogens with zero attached hydrogens (tertiary/aromatic N) is 3. The maximum absolute atomic E-state index is 14.5. The summed E-state index contributed by atoms with van der Waals surface area (Å²) in [6.07, 6.45) is 0.937. The van der Waals surface area contributed by atoms with Crippen molar-refractivity contribution in [3.05, 3.63) is 60.5 Å². The Hall–Kier alpha value is -4.60. The predicted molar refractivity (Wildman–Crippen MR) is 193 cm³/mol. The third kappa shape index (κ3) is 9.19. The van der Waals surface area contributed by atoms with Gasteiger partial charge in [-0.25, -0.2) is 17.6 Å². The third-order valence-electron chi connectivity index (χ3n) is 10.5. The SMILES string of the molecule is C=CC(=O)N(C)CC[C@H](CC(=O)OC(C)(C)C)C(=O)N1C[C@H](OC(=O)N2Cc3cccc(F)c3C2)C[C@H]1C(=O)C[C@]1(C(=O)NS(=O)(=O)C2CC2)C[C@H]1C=C. The lowest BCUT2D eigenvalue weighted by Crippen LogP contribution is -2.47. The van der Waals surface area contributed by atoms with Crippen LogP contribution >= 0.6 is 0 Å². The number of allylic oxidation sites excluding steroid dienone is 1. The molecule has 2 aliphatic carbocycles. The summed E-state index contributed by atoms with van der Waals surface area (Å²) in [5.41, 5.74) is -1.28. The largest absolute Gasteiger partial charge is 0.460 e. The van der Waals surface area contributed by atoms with Crippen molar-refractivity contribution in [2.24, 2.45) is 17.3 Å². The van der Waals surface area contributed by atoms with Crippen LogP contribution in [0.25, 0.3) is 0 Å². The number of hydrogen-bond acceptors (Lipinski definition) is 10. The van der Waals surface area contributed by atoms with Crippen LogP contribution in [0.15, 0.2) is 43.5 Å². The summed E-state index contributed by atoms with van der Waals surface area (Å²) < 4.78 is 53.3. The fourth-order valence-corrected chi connectivity index (χ4v) is 8.60. The number of halogens is 1. The highest BCUT2D eigenvalue weighted by Gasteiger charge is 2.61. The lowest BCUT2D eigenvalue weighted by molar-refractivity contribution is -0.159. The highest BCUT2D eigenvalue weighted by atomic mass is 32.2. The lowest BCUT2D eigenvalue weighted by Gasteiger charge is -2.30. The monoisotopic (exact) mass is 772 g/mol. The highest BCUT2D eigenvalue weighted by molar-refractivity contribution is 7.90. The van der Waals surface area contributed by atoms with E-state index in [4.69, 9.17) is 9.47 Å². The van der Waals surface area contributed by atoms with Gasteiger partial charge in [-0.15, -0.1) is 6.58 Å². The van der Waals surface area contributed by atoms with Gasteiger partial charge in [-0.1, -0.05) is 24.8 Å². The summed E-state index contributed by atoms with van der Waals surface area (Å²) in [6, 6.07) is 3.34. The zero-order valence-corrected chi connectivity index (χ0v) is 32.0. The summed E-state index contributed by atoms with van der Waals surface area (Å²) in [6.45, 7) is 12.2. The van der Waals surface area contributed by atoms with Gasteiger partial charge in [-0.3, -0.25) is 33.6 Å². The molecule has 2 saturated carbocycles. The smallest absolute Gasteiger partial charge is 0.410 e. The van der Waals surface area contributed by atoms with E-state index in [-0.39, 0.29) is 51.9 Å². The number of esters is 1. The molecule has 3 fully saturated rings. The van der Waals surface area contributed by atoms with E-state index in [0.29, 0.717) is 24.0 Å². The van der Waals surface area contributed by atoms with Crippen LogP contribution in [-0.4, -0.2) is 102 Å². The van der Waals surface area contributed by atoms with Crippen molar-refractivity contribution in [3.63, 3.8) is 0 Å². The number of carbonyl (C=O) groups is 6. The van der Waals surface area contributed by atoms with Gasteiger partial charge in [0.25, 0.3) is 0 Å². The Kier molecular flexibility index (Phi) is 11.7. The second kappa shape index (κ2) is 15.6. The third-order valence-corrected chi connectivity index (χ3v) is 12.3. The van der Waals surface area contributed by atoms with Crippen LogP contribution < -0.4 is 4.72 Å². The van der Waals surface area contributed by atoms with E-state index in [1.54, 1.807) is 32.9 Å². The van der Waals surface area contributed by atoms with Crippen LogP contribution in [0.1, 0.15) is 76.8 Å². The first-order valence-electron chi connectivity index (χ1n) is 18.1. The average Bonchev–Trinajstić information content (AvgIpc) is 3.99. The molecule has 54 heavy (non-hydrogen) atoms. The maximum Gasteiger partial charge on any atom is 0.410 e. The minimum absolute atomic E-state index is 0.0114. The van der Waals surface area contributed by atoms with Crippen molar-refractivity contribution in [3.8, 4) is 0 Å². The van der Waals surface area contributed by atoms with Crippen molar-refractivity contribution in [1.82, 2.24) is 19.4 Å². The van der Waals surface area contributed by atoms with Gasteiger partial charge in [0.15, 0.2) is 5.78 Å². The Balaban J connectivity index is 1.39. The Bertz CT molecular complexity index is 1840. The van der Waals surface area contributed by atoms with Gasteiger partial charge in [0.05, 0.1) is 42.1 Å². The number of ether oxygens (including phenoxy) is 2. The van der Waals surface area contributed by atoms with Crippen molar-refractivity contribution >= 4 is 45.6 Å². The summed E-state index contributed by atoms with van der Waals surface area (Å²) in [5, 5.41) is -0.670. The average molecular weight is 773 g/mol. The van der Waals surface area contributed by atoms with Gasteiger partial charge in [0.2, 0.25) is 27.7 Å². The molecule has 294 valence electrons. The van der Waals surface area contributed by atoms with E-state index in [9.17, 15) is 41.6 Å². The molecular formula is C38H49FN4O10S. The van der Waals surface area contributed by atoms with Gasteiger partial charge in [0, 0.05) is 38.5 Å². The van der Waals surface area contributed by atoms with Crippen molar-refractivity contribution < 1.29 is 51.0 Å². The molecular weight excluding hydrogens is 724 g/mol. The first-order valence-corrected chi connectivity index (χ1v) is 19.7. The molecule has 0 bridgehead atoms. The normalized spacial score (nSPS) is 23.8. The second-order valence-corrected chi connectivity index (χ2v) is 17.7. The molecule has 1 aromatic carbocycles. The van der Waals surface area contributed by atoms with E-state index < -0.39 is 98.1 Å². The number of nitrogens with one attached hydrogen (secondary N) is 1. The summed E-state index contributed by atoms with van der Waals surface area (Å²) >= 11 is 0. The number of rotatable bonds is 15. The second-order valence-electron chi connectivity index (χ2n) is 15.7. The first-order chi connectivity index (χ1) is 25.3. The quantitative estimate of drug-likeness (QED) is 0.158. The number of likely N-dealkylation sites (N-methyl/N-ethyl adjacent to an activating group) is 1. The molecule has 4 amide bonds. The number of ketones is 1. The Labute approximate surface area is 315 Å². The van der Waals surface area contributed by atoms with Crippen LogP contribution in [0.4, 0.5) is 9.18 Å². The number of sulfonamides is 1. The predicted octanol–water partition coefficient (Wildman–Crippen LogP) is 3.39. The van der Waals surface area contributed by atoms with Crippen LogP contribution in [0.5, 0.6) is 0 Å². The highest BCUT2D eigenvalue weighted by Crippen LogP contribution is 2.57. The van der Waals surface area contributed by atoms with Crippen LogP contribution in [0, 0.1) is 23.1 Å². The Morgan fingerprint density at radius 3 is 2.43 bits per heavy atom. The molecule has 0 radical (unpaired) electrons. The Morgan fingerprint density at radius 2 is 1.83 bits per heavy atom. The minimum Gasteiger partial charge on any atom is -0.460 e. The zero-order chi connectivity index (χ0) is 39.7. The standard InChI is InChI=1S/C38H49FN4O10S/c1-7-25-18-38(25,35(48)40-54(50,51)27-12-13-27)19-31(44)30-17-26(52-36(49)42-20-24-10-9-11-29(39)28(24)22-42)21-43(30)34(47)23(14-15-41(6)32(45)8-2)16-33(46)53-37(3,4)5/h7-11,23,25-27,30H,1-2,12-22H2,3-6H3,(H,40,48)/t23-,25-,26-,30+,38-/m1/s1. The number of likely N-dealkylation sites (tertiary alicyclic amines) is 1. The van der Waals surface area contributed by atoms with E-state index in [1.165, 1.54) is 33.9 Å². The van der Waals surface area contributed by atoms with E-state index in [2.05, 4.69) is 17.9 Å². The molecule has 5 atom stereocenters. The molecule has 1 saturated heterocycles.